The molecule has 16 heavy (non-hydrogen) atoms. The van der Waals surface area contributed by atoms with E-state index in [1.165, 1.54) is 32.1 Å². The normalized spacial score (nSPS) is 58.7. The zero-order chi connectivity index (χ0) is 11.8. The minimum atomic E-state index is -0.0917. The Balaban J connectivity index is 2.10. The van der Waals surface area contributed by atoms with Gasteiger partial charge in [0.15, 0.2) is 0 Å². The van der Waals surface area contributed by atoms with E-state index in [0.29, 0.717) is 5.41 Å². The number of hydrogen-bond donors (Lipinski definition) is 1. The van der Waals surface area contributed by atoms with Crippen LogP contribution in [0, 0.1) is 28.1 Å². The van der Waals surface area contributed by atoms with Gasteiger partial charge in [0, 0.05) is 0 Å². The van der Waals surface area contributed by atoms with Gasteiger partial charge in [-0.05, 0) is 60.2 Å². The molecular weight excluding hydrogens is 196 g/mol. The quantitative estimate of drug-likeness (QED) is 0.664. The van der Waals surface area contributed by atoms with Crippen molar-refractivity contribution in [2.24, 2.45) is 28.1 Å². The van der Waals surface area contributed by atoms with Crippen LogP contribution in [0.5, 0.6) is 0 Å². The fourth-order valence-corrected chi connectivity index (χ4v) is 5.93. The van der Waals surface area contributed by atoms with Gasteiger partial charge in [0.25, 0.3) is 0 Å². The molecule has 5 atom stereocenters. The minimum Gasteiger partial charge on any atom is -0.392 e. The molecule has 1 heteroatoms. The zero-order valence-corrected chi connectivity index (χ0v) is 11.2. The Morgan fingerprint density at radius 1 is 1.06 bits per heavy atom. The molecule has 0 unspecified atom stereocenters. The van der Waals surface area contributed by atoms with Gasteiger partial charge in [-0.15, -0.1) is 0 Å². The van der Waals surface area contributed by atoms with E-state index in [9.17, 15) is 5.11 Å². The van der Waals surface area contributed by atoms with Crippen LogP contribution in [0.15, 0.2) is 0 Å². The van der Waals surface area contributed by atoms with Crippen LogP contribution in [0.25, 0.3) is 0 Å². The molecule has 0 aromatic rings. The van der Waals surface area contributed by atoms with Crippen LogP contribution in [-0.2, 0) is 0 Å². The van der Waals surface area contributed by atoms with Crippen LogP contribution < -0.4 is 0 Å². The summed E-state index contributed by atoms with van der Waals surface area (Å²) in [5, 5.41) is 10.7. The first kappa shape index (κ1) is 11.1. The fourth-order valence-electron chi connectivity index (χ4n) is 5.93. The Hall–Kier alpha value is -0.0400. The second-order valence-electron chi connectivity index (χ2n) is 7.82. The molecular formula is C15H26O. The maximum Gasteiger partial charge on any atom is 0.0647 e. The predicted octanol–water partition coefficient (Wildman–Crippen LogP) is 3.61. The van der Waals surface area contributed by atoms with Gasteiger partial charge in [0.1, 0.15) is 0 Å². The van der Waals surface area contributed by atoms with Crippen LogP contribution >= 0.6 is 0 Å². The molecule has 0 amide bonds. The lowest BCUT2D eigenvalue weighted by atomic mass is 9.51. The molecule has 1 spiro atoms. The smallest absolute Gasteiger partial charge is 0.0647 e. The highest BCUT2D eigenvalue weighted by Crippen LogP contribution is 2.72. The Labute approximate surface area is 99.6 Å². The summed E-state index contributed by atoms with van der Waals surface area (Å²) in [7, 11) is 0. The summed E-state index contributed by atoms with van der Waals surface area (Å²) in [5.41, 5.74) is 0.921. The molecule has 2 bridgehead atoms. The largest absolute Gasteiger partial charge is 0.392 e. The van der Waals surface area contributed by atoms with Crippen molar-refractivity contribution in [1.82, 2.24) is 0 Å². The second kappa shape index (κ2) is 2.85. The Kier molecular flexibility index (Phi) is 1.98. The van der Waals surface area contributed by atoms with Gasteiger partial charge >= 0.3 is 0 Å². The summed E-state index contributed by atoms with van der Waals surface area (Å²) in [5.74, 6) is 1.65. The van der Waals surface area contributed by atoms with Crippen LogP contribution in [-0.4, -0.2) is 11.2 Å². The van der Waals surface area contributed by atoms with Crippen molar-refractivity contribution < 1.29 is 5.11 Å². The summed E-state index contributed by atoms with van der Waals surface area (Å²) >= 11 is 0. The second-order valence-corrected chi connectivity index (χ2v) is 7.82. The van der Waals surface area contributed by atoms with Gasteiger partial charge in [-0.2, -0.15) is 0 Å². The number of aliphatic hydroxyl groups excluding tert-OH is 1. The Morgan fingerprint density at radius 3 is 2.44 bits per heavy atom. The van der Waals surface area contributed by atoms with E-state index in [-0.39, 0.29) is 16.9 Å². The van der Waals surface area contributed by atoms with E-state index < -0.39 is 0 Å². The average Bonchev–Trinajstić information content (AvgIpc) is 2.69. The lowest BCUT2D eigenvalue weighted by molar-refractivity contribution is -0.138. The van der Waals surface area contributed by atoms with Crippen molar-refractivity contribution in [2.75, 3.05) is 0 Å². The van der Waals surface area contributed by atoms with Crippen molar-refractivity contribution in [3.05, 3.63) is 0 Å². The highest BCUT2D eigenvalue weighted by atomic mass is 16.3. The first-order valence-corrected chi connectivity index (χ1v) is 7.01. The molecule has 0 aliphatic heterocycles. The molecule has 1 N–H and O–H groups in total. The first-order chi connectivity index (χ1) is 7.33. The van der Waals surface area contributed by atoms with Gasteiger partial charge in [0.2, 0.25) is 0 Å². The third-order valence-electron chi connectivity index (χ3n) is 6.72. The van der Waals surface area contributed by atoms with E-state index in [2.05, 4.69) is 27.7 Å². The van der Waals surface area contributed by atoms with Gasteiger partial charge in [-0.3, -0.25) is 0 Å². The van der Waals surface area contributed by atoms with Crippen LogP contribution in [0.2, 0.25) is 0 Å². The van der Waals surface area contributed by atoms with Crippen LogP contribution in [0.1, 0.15) is 59.8 Å². The van der Waals surface area contributed by atoms with Gasteiger partial charge in [-0.25, -0.2) is 0 Å². The topological polar surface area (TPSA) is 20.2 Å². The monoisotopic (exact) mass is 222 g/mol. The number of hydrogen-bond acceptors (Lipinski definition) is 1. The van der Waals surface area contributed by atoms with Gasteiger partial charge in [-0.1, -0.05) is 27.7 Å². The summed E-state index contributed by atoms with van der Waals surface area (Å²) in [4.78, 5) is 0. The molecule has 3 fully saturated rings. The molecule has 3 rings (SSSR count). The molecule has 0 radical (unpaired) electrons. The molecule has 92 valence electrons. The molecule has 3 aliphatic rings. The molecule has 1 nitrogen and oxygen atoms in total. The molecule has 3 saturated carbocycles. The zero-order valence-electron chi connectivity index (χ0n) is 11.2. The maximum absolute atomic E-state index is 10.7. The van der Waals surface area contributed by atoms with E-state index in [4.69, 9.17) is 0 Å². The van der Waals surface area contributed by atoms with Crippen molar-refractivity contribution >= 4 is 0 Å². The number of rotatable bonds is 0. The van der Waals surface area contributed by atoms with E-state index in [1.54, 1.807) is 0 Å². The molecule has 0 heterocycles. The summed E-state index contributed by atoms with van der Waals surface area (Å²) in [6.45, 7) is 9.42. The van der Waals surface area contributed by atoms with E-state index >= 15 is 0 Å². The number of aliphatic hydroxyl groups is 1. The fraction of sp³-hybridized carbons (Fsp3) is 1.00. The third-order valence-corrected chi connectivity index (χ3v) is 6.72. The maximum atomic E-state index is 10.7. The number of fused-ring (bicyclic) bond motifs is 1. The Bertz CT molecular complexity index is 321. The predicted molar refractivity (Wildman–Crippen MR) is 66.1 cm³/mol. The molecule has 0 aromatic heterocycles. The highest BCUT2D eigenvalue weighted by Gasteiger charge is 2.67. The third kappa shape index (κ3) is 1.02. The average molecular weight is 222 g/mol. The van der Waals surface area contributed by atoms with Gasteiger partial charge in [0.05, 0.1) is 6.10 Å². The van der Waals surface area contributed by atoms with Crippen LogP contribution in [0.3, 0.4) is 0 Å². The highest BCUT2D eigenvalue weighted by molar-refractivity contribution is 5.16. The molecule has 0 saturated heterocycles. The lowest BCUT2D eigenvalue weighted by Crippen LogP contribution is -2.54. The molecule has 0 aromatic carbocycles. The first-order valence-electron chi connectivity index (χ1n) is 7.01. The standard InChI is InChI=1S/C15H26O/c1-10-5-6-11-13(2,3)12(16)14(4)7-8-15(10,11)9-14/h10-12,16H,5-9H2,1-4H3/t10-,11+,12-,14+,15-/m1/s1. The van der Waals surface area contributed by atoms with Crippen LogP contribution in [0.4, 0.5) is 0 Å². The van der Waals surface area contributed by atoms with Gasteiger partial charge < -0.3 is 5.11 Å². The van der Waals surface area contributed by atoms with Crippen molar-refractivity contribution in [3.63, 3.8) is 0 Å². The van der Waals surface area contributed by atoms with E-state index in [1.807, 2.05) is 0 Å². The summed E-state index contributed by atoms with van der Waals surface area (Å²) in [6.07, 6.45) is 6.55. The summed E-state index contributed by atoms with van der Waals surface area (Å²) < 4.78 is 0. The Morgan fingerprint density at radius 2 is 1.75 bits per heavy atom. The van der Waals surface area contributed by atoms with E-state index in [0.717, 1.165) is 11.8 Å². The summed E-state index contributed by atoms with van der Waals surface area (Å²) in [6, 6.07) is 0. The molecule has 3 aliphatic carbocycles. The van der Waals surface area contributed by atoms with Crippen molar-refractivity contribution in [3.8, 4) is 0 Å². The minimum absolute atomic E-state index is 0.0917. The van der Waals surface area contributed by atoms with Crippen molar-refractivity contribution in [2.45, 2.75) is 65.9 Å². The SMILES string of the molecule is C[C@@H]1CC[C@H]2C(C)(C)[C@@H](O)[C@@]3(C)CC[C@@]12C3. The lowest BCUT2D eigenvalue weighted by Gasteiger charge is -2.55. The van der Waals surface area contributed by atoms with Crippen molar-refractivity contribution in [1.29, 1.82) is 0 Å².